The fourth-order valence-electron chi connectivity index (χ4n) is 4.28. The molecule has 1 atom stereocenters. The Balaban J connectivity index is 1.92. The first kappa shape index (κ1) is 23.9. The maximum absolute atomic E-state index is 14.6. The number of hydrogen-bond donors (Lipinski definition) is 0. The Bertz CT molecular complexity index is 1210. The molecular formula is C27H28ClFN2O3. The van der Waals surface area contributed by atoms with E-state index in [1.807, 2.05) is 69.2 Å². The highest BCUT2D eigenvalue weighted by Crippen LogP contribution is 2.44. The van der Waals surface area contributed by atoms with Crippen molar-refractivity contribution in [2.24, 2.45) is 0 Å². The Morgan fingerprint density at radius 2 is 1.76 bits per heavy atom. The number of carbonyl (C=O) groups excluding carboxylic acids is 1. The van der Waals surface area contributed by atoms with Crippen LogP contribution in [0.4, 0.5) is 15.8 Å². The molecule has 1 amide bonds. The summed E-state index contributed by atoms with van der Waals surface area (Å²) in [6.45, 7) is 3.88. The number of carbonyl (C=O) groups is 1. The molecule has 5 nitrogen and oxygen atoms in total. The minimum atomic E-state index is -0.561. The van der Waals surface area contributed by atoms with Crippen LogP contribution < -0.4 is 19.3 Å². The van der Waals surface area contributed by atoms with Crippen LogP contribution >= 0.6 is 11.6 Å². The van der Waals surface area contributed by atoms with Gasteiger partial charge in [-0.05, 0) is 79.1 Å². The number of rotatable bonds is 6. The molecule has 7 heteroatoms. The Kier molecular flexibility index (Phi) is 6.71. The van der Waals surface area contributed by atoms with Gasteiger partial charge in [-0.25, -0.2) is 4.39 Å². The van der Waals surface area contributed by atoms with Crippen LogP contribution in [0.25, 0.3) is 0 Å². The molecule has 0 N–H and O–H groups in total. The molecule has 0 radical (unpaired) electrons. The molecule has 178 valence electrons. The van der Waals surface area contributed by atoms with E-state index in [1.54, 1.807) is 18.1 Å². The van der Waals surface area contributed by atoms with Crippen LogP contribution in [0, 0.1) is 5.82 Å². The maximum Gasteiger partial charge on any atom is 0.232 e. The fraction of sp³-hybridized carbons (Fsp3) is 0.296. The van der Waals surface area contributed by atoms with Gasteiger partial charge in [-0.3, -0.25) is 4.79 Å². The number of hydrogen-bond acceptors (Lipinski definition) is 4. The van der Waals surface area contributed by atoms with Gasteiger partial charge < -0.3 is 19.3 Å². The van der Waals surface area contributed by atoms with Gasteiger partial charge in [0.05, 0.1) is 30.7 Å². The van der Waals surface area contributed by atoms with Crippen molar-refractivity contribution >= 4 is 28.9 Å². The lowest BCUT2D eigenvalue weighted by molar-refractivity contribution is -0.118. The Morgan fingerprint density at radius 3 is 2.35 bits per heavy atom. The number of halogens is 2. The summed E-state index contributed by atoms with van der Waals surface area (Å²) in [5.41, 5.74) is 4.03. The number of methoxy groups -OCH3 is 1. The molecule has 4 rings (SSSR count). The lowest BCUT2D eigenvalue weighted by Gasteiger charge is -2.38. The highest BCUT2D eigenvalue weighted by Gasteiger charge is 2.36. The third kappa shape index (κ3) is 4.55. The molecular weight excluding hydrogens is 455 g/mol. The van der Waals surface area contributed by atoms with E-state index in [0.717, 1.165) is 22.5 Å². The summed E-state index contributed by atoms with van der Waals surface area (Å²) in [5.74, 6) is 0.511. The summed E-state index contributed by atoms with van der Waals surface area (Å²) in [4.78, 5) is 17.2. The Labute approximate surface area is 204 Å². The standard InChI is InChI=1S/C27H28ClFN2O3/c1-16(2)34-25-15-21-18(13-24(25)33-5)14-26(32)31(20-9-7-19(8-10-20)30(3)4)27(21)17-6-11-22(28)23(29)12-17/h6-13,15-16,27H,14H2,1-5H3/t27-/m0/s1. The predicted octanol–water partition coefficient (Wildman–Crippen LogP) is 6.02. The summed E-state index contributed by atoms with van der Waals surface area (Å²) in [7, 11) is 5.49. The van der Waals surface area contributed by atoms with Gasteiger partial charge in [0.1, 0.15) is 5.82 Å². The minimum absolute atomic E-state index is 0.0338. The predicted molar refractivity (Wildman–Crippen MR) is 134 cm³/mol. The lowest BCUT2D eigenvalue weighted by Crippen LogP contribution is -2.41. The smallest absolute Gasteiger partial charge is 0.232 e. The highest BCUT2D eigenvalue weighted by atomic mass is 35.5. The summed E-state index contributed by atoms with van der Waals surface area (Å²) in [6, 6.07) is 15.6. The minimum Gasteiger partial charge on any atom is -0.493 e. The van der Waals surface area contributed by atoms with Crippen LogP contribution in [0.3, 0.4) is 0 Å². The van der Waals surface area contributed by atoms with Gasteiger partial charge in [0.25, 0.3) is 0 Å². The molecule has 0 saturated carbocycles. The largest absolute Gasteiger partial charge is 0.493 e. The zero-order chi connectivity index (χ0) is 24.6. The van der Waals surface area contributed by atoms with Crippen LogP contribution in [0.2, 0.25) is 5.02 Å². The number of fused-ring (bicyclic) bond motifs is 1. The first-order valence-electron chi connectivity index (χ1n) is 11.1. The van der Waals surface area contributed by atoms with Crippen molar-refractivity contribution in [1.82, 2.24) is 0 Å². The summed E-state index contributed by atoms with van der Waals surface area (Å²) < 4.78 is 26.1. The van der Waals surface area contributed by atoms with Gasteiger partial charge in [0.2, 0.25) is 5.91 Å². The van der Waals surface area contributed by atoms with Crippen LogP contribution in [0.15, 0.2) is 54.6 Å². The number of nitrogens with zero attached hydrogens (tertiary/aromatic N) is 2. The van der Waals surface area contributed by atoms with Gasteiger partial charge in [-0.2, -0.15) is 0 Å². The molecule has 0 spiro atoms. The monoisotopic (exact) mass is 482 g/mol. The van der Waals surface area contributed by atoms with E-state index >= 15 is 0 Å². The highest BCUT2D eigenvalue weighted by molar-refractivity contribution is 6.30. The Hall–Kier alpha value is -3.25. The summed E-state index contributed by atoms with van der Waals surface area (Å²) in [6.07, 6.45) is 0.119. The average Bonchev–Trinajstić information content (AvgIpc) is 2.79. The molecule has 1 aliphatic rings. The molecule has 0 unspecified atom stereocenters. The number of amides is 1. The molecule has 0 aromatic heterocycles. The molecule has 0 bridgehead atoms. The first-order chi connectivity index (χ1) is 16.2. The van der Waals surface area contributed by atoms with Gasteiger partial charge in [0, 0.05) is 25.5 Å². The molecule has 0 fully saturated rings. The quantitative estimate of drug-likeness (QED) is 0.431. The average molecular weight is 483 g/mol. The third-order valence-electron chi connectivity index (χ3n) is 5.85. The van der Waals surface area contributed by atoms with E-state index in [2.05, 4.69) is 0 Å². The summed E-state index contributed by atoms with van der Waals surface area (Å²) in [5, 5.41) is 0.0338. The van der Waals surface area contributed by atoms with E-state index < -0.39 is 11.9 Å². The molecule has 1 heterocycles. The molecule has 3 aromatic rings. The molecule has 1 aliphatic heterocycles. The van der Waals surface area contributed by atoms with E-state index in [4.69, 9.17) is 21.1 Å². The van der Waals surface area contributed by atoms with Crippen molar-refractivity contribution in [3.05, 3.63) is 82.1 Å². The summed E-state index contributed by atoms with van der Waals surface area (Å²) >= 11 is 5.97. The topological polar surface area (TPSA) is 42.0 Å². The first-order valence-corrected chi connectivity index (χ1v) is 11.5. The zero-order valence-electron chi connectivity index (χ0n) is 19.9. The SMILES string of the molecule is COc1cc2c(cc1OC(C)C)[C@H](c1ccc(Cl)c(F)c1)N(c1ccc(N(C)C)cc1)C(=O)C2. The molecule has 3 aromatic carbocycles. The van der Waals surface area contributed by atoms with Crippen molar-refractivity contribution in [1.29, 1.82) is 0 Å². The number of ether oxygens (including phenoxy) is 2. The van der Waals surface area contributed by atoms with Crippen molar-refractivity contribution < 1.29 is 18.7 Å². The van der Waals surface area contributed by atoms with Crippen LogP contribution in [-0.2, 0) is 11.2 Å². The fourth-order valence-corrected chi connectivity index (χ4v) is 4.40. The second kappa shape index (κ2) is 9.55. The van der Waals surface area contributed by atoms with Crippen molar-refractivity contribution in [2.45, 2.75) is 32.4 Å². The second-order valence-corrected chi connectivity index (χ2v) is 9.20. The van der Waals surface area contributed by atoms with Gasteiger partial charge in [-0.15, -0.1) is 0 Å². The number of anilines is 2. The van der Waals surface area contributed by atoms with Gasteiger partial charge in [0.15, 0.2) is 11.5 Å². The van der Waals surface area contributed by atoms with Crippen LogP contribution in [-0.4, -0.2) is 33.2 Å². The van der Waals surface area contributed by atoms with Crippen molar-refractivity contribution in [3.63, 3.8) is 0 Å². The van der Waals surface area contributed by atoms with E-state index in [-0.39, 0.29) is 23.5 Å². The van der Waals surface area contributed by atoms with E-state index in [9.17, 15) is 9.18 Å². The van der Waals surface area contributed by atoms with Crippen LogP contribution in [0.5, 0.6) is 11.5 Å². The van der Waals surface area contributed by atoms with E-state index in [1.165, 1.54) is 12.1 Å². The number of benzene rings is 3. The van der Waals surface area contributed by atoms with Crippen molar-refractivity contribution in [2.75, 3.05) is 31.0 Å². The second-order valence-electron chi connectivity index (χ2n) is 8.80. The Morgan fingerprint density at radius 1 is 1.06 bits per heavy atom. The van der Waals surface area contributed by atoms with Crippen molar-refractivity contribution in [3.8, 4) is 11.5 Å². The van der Waals surface area contributed by atoms with Gasteiger partial charge >= 0.3 is 0 Å². The third-order valence-corrected chi connectivity index (χ3v) is 6.16. The zero-order valence-corrected chi connectivity index (χ0v) is 20.7. The van der Waals surface area contributed by atoms with Gasteiger partial charge in [-0.1, -0.05) is 17.7 Å². The normalized spacial score (nSPS) is 15.4. The van der Waals surface area contributed by atoms with Crippen LogP contribution in [0.1, 0.15) is 36.6 Å². The van der Waals surface area contributed by atoms with E-state index in [0.29, 0.717) is 17.1 Å². The molecule has 34 heavy (non-hydrogen) atoms. The molecule has 0 saturated heterocycles. The molecule has 0 aliphatic carbocycles. The maximum atomic E-state index is 14.6. The lowest BCUT2D eigenvalue weighted by atomic mass is 9.86.